The van der Waals surface area contributed by atoms with E-state index in [4.69, 9.17) is 32.9 Å². The zero-order valence-corrected chi connectivity index (χ0v) is 26.4. The predicted octanol–water partition coefficient (Wildman–Crippen LogP) is 6.68. The normalized spacial score (nSPS) is 17.2. The van der Waals surface area contributed by atoms with E-state index >= 15 is 0 Å². The number of carbonyl (C=O) groups is 1. The van der Waals surface area contributed by atoms with Gasteiger partial charge in [-0.2, -0.15) is 0 Å². The highest BCUT2D eigenvalue weighted by Crippen LogP contribution is 2.38. The van der Waals surface area contributed by atoms with E-state index in [2.05, 4.69) is 15.6 Å². The number of rotatable bonds is 6. The van der Waals surface area contributed by atoms with Crippen molar-refractivity contribution in [1.29, 1.82) is 10.8 Å². The SMILES string of the molecule is CC(C)C(=N)n1cc(O[C@H]2CC[C@H](NC(=O)NC(C=C(N)C(C)(C)C)=Nc3ccc(O)c(Cl)c3)c3ccccc32)ccc1=N. The van der Waals surface area contributed by atoms with Gasteiger partial charge >= 0.3 is 6.03 Å². The Hall–Kier alpha value is -4.57. The first-order valence-corrected chi connectivity index (χ1v) is 14.8. The number of urea groups is 1. The van der Waals surface area contributed by atoms with E-state index in [0.29, 0.717) is 35.8 Å². The Morgan fingerprint density at radius 1 is 1.16 bits per heavy atom. The van der Waals surface area contributed by atoms with Gasteiger partial charge in [-0.1, -0.05) is 70.5 Å². The van der Waals surface area contributed by atoms with Crippen molar-refractivity contribution in [2.45, 2.75) is 59.6 Å². The largest absolute Gasteiger partial charge is 0.506 e. The Morgan fingerprint density at radius 3 is 2.52 bits per heavy atom. The number of nitrogens with one attached hydrogen (secondary N) is 4. The molecule has 0 bridgehead atoms. The number of pyridine rings is 1. The maximum atomic E-state index is 13.3. The van der Waals surface area contributed by atoms with Gasteiger partial charge in [0.25, 0.3) is 0 Å². The van der Waals surface area contributed by atoms with Gasteiger partial charge in [0.2, 0.25) is 0 Å². The summed E-state index contributed by atoms with van der Waals surface area (Å²) in [5.41, 5.74) is 9.01. The molecule has 1 aliphatic rings. The van der Waals surface area contributed by atoms with E-state index in [-0.39, 0.29) is 45.6 Å². The number of nitrogens with two attached hydrogens (primary N) is 1. The second kappa shape index (κ2) is 13.4. The summed E-state index contributed by atoms with van der Waals surface area (Å²) in [6.45, 7) is 9.70. The van der Waals surface area contributed by atoms with E-state index in [1.165, 1.54) is 16.7 Å². The molecule has 7 N–H and O–H groups in total. The van der Waals surface area contributed by atoms with Gasteiger partial charge in [-0.25, -0.2) is 9.79 Å². The molecular formula is C33H40ClN7O3. The van der Waals surface area contributed by atoms with Crippen LogP contribution in [0.3, 0.4) is 0 Å². The Balaban J connectivity index is 1.55. The summed E-state index contributed by atoms with van der Waals surface area (Å²) in [4.78, 5) is 17.9. The molecular weight excluding hydrogens is 578 g/mol. The van der Waals surface area contributed by atoms with Crippen LogP contribution in [0.25, 0.3) is 0 Å². The van der Waals surface area contributed by atoms with Crippen molar-refractivity contribution in [3.8, 4) is 11.5 Å². The van der Waals surface area contributed by atoms with E-state index in [1.807, 2.05) is 58.9 Å². The van der Waals surface area contributed by atoms with Crippen LogP contribution in [0.5, 0.6) is 11.5 Å². The van der Waals surface area contributed by atoms with Gasteiger partial charge in [0.05, 0.1) is 22.9 Å². The first-order chi connectivity index (χ1) is 20.7. The molecule has 0 radical (unpaired) electrons. The summed E-state index contributed by atoms with van der Waals surface area (Å²) in [7, 11) is 0. The molecule has 0 spiro atoms. The van der Waals surface area contributed by atoms with Crippen LogP contribution in [0, 0.1) is 22.2 Å². The lowest BCUT2D eigenvalue weighted by Crippen LogP contribution is -2.42. The number of halogens is 1. The molecule has 1 heterocycles. The van der Waals surface area contributed by atoms with Gasteiger partial charge < -0.3 is 20.9 Å². The molecule has 0 unspecified atom stereocenters. The molecule has 2 atom stereocenters. The number of carbonyl (C=O) groups excluding carboxylic acids is 1. The zero-order chi connectivity index (χ0) is 32.2. The van der Waals surface area contributed by atoms with Crippen molar-refractivity contribution < 1.29 is 14.6 Å². The maximum absolute atomic E-state index is 13.3. The highest BCUT2D eigenvalue weighted by Gasteiger charge is 2.30. The van der Waals surface area contributed by atoms with Gasteiger partial charge in [0, 0.05) is 23.1 Å². The number of nitrogens with zero attached hydrogens (tertiary/aromatic N) is 2. The molecule has 1 aliphatic carbocycles. The third kappa shape index (κ3) is 7.87. The van der Waals surface area contributed by atoms with E-state index in [0.717, 1.165) is 11.1 Å². The van der Waals surface area contributed by atoms with Crippen molar-refractivity contribution in [2.75, 3.05) is 0 Å². The van der Waals surface area contributed by atoms with E-state index < -0.39 is 6.03 Å². The lowest BCUT2D eigenvalue weighted by Gasteiger charge is -2.32. The van der Waals surface area contributed by atoms with Gasteiger partial charge in [0.1, 0.15) is 34.8 Å². The molecule has 0 saturated heterocycles. The fourth-order valence-electron chi connectivity index (χ4n) is 4.69. The maximum Gasteiger partial charge on any atom is 0.320 e. The number of ether oxygens (including phenoxy) is 1. The number of hydrogen-bond donors (Lipinski definition) is 6. The Bertz CT molecular complexity index is 1670. The number of phenols is 1. The van der Waals surface area contributed by atoms with Crippen LogP contribution in [-0.4, -0.2) is 27.4 Å². The molecule has 4 rings (SSSR count). The molecule has 232 valence electrons. The number of aromatic hydroxyl groups is 1. The number of benzene rings is 2. The summed E-state index contributed by atoms with van der Waals surface area (Å²) in [5.74, 6) is 0.991. The fraction of sp³-hybridized carbons (Fsp3) is 0.333. The number of phenolic OH excluding ortho intramolecular Hbond substituents is 1. The Labute approximate surface area is 262 Å². The van der Waals surface area contributed by atoms with E-state index in [9.17, 15) is 9.90 Å². The zero-order valence-electron chi connectivity index (χ0n) is 25.6. The number of amidine groups is 1. The lowest BCUT2D eigenvalue weighted by atomic mass is 9.85. The third-order valence-corrected chi connectivity index (χ3v) is 7.63. The molecule has 10 nitrogen and oxygen atoms in total. The van der Waals surface area contributed by atoms with Crippen LogP contribution >= 0.6 is 11.6 Å². The van der Waals surface area contributed by atoms with Crippen LogP contribution < -0.4 is 26.6 Å². The number of aliphatic imine (C=N–C) groups is 1. The quantitative estimate of drug-likeness (QED) is 0.134. The molecule has 0 aliphatic heterocycles. The first kappa shape index (κ1) is 32.3. The highest BCUT2D eigenvalue weighted by atomic mass is 35.5. The van der Waals surface area contributed by atoms with E-state index in [1.54, 1.807) is 30.5 Å². The second-order valence-electron chi connectivity index (χ2n) is 12.1. The topological polar surface area (TPSA) is 162 Å². The Morgan fingerprint density at radius 2 is 1.86 bits per heavy atom. The van der Waals surface area contributed by atoms with Gasteiger partial charge in [-0.15, -0.1) is 0 Å². The molecule has 2 amide bonds. The number of hydrogen-bond acceptors (Lipinski definition) is 7. The van der Waals surface area contributed by atoms with Crippen molar-refractivity contribution in [2.24, 2.45) is 22.1 Å². The number of allylic oxidation sites excluding steroid dienone is 1. The standard InChI is InChI=1S/C33H40ClN7O3/c1-19(2)31(37)41-18-21(11-15-29(41)36)44-27-14-12-25(22-8-6-7-9-23(22)27)39-32(43)40-30(17-28(35)33(3,4)5)38-20-10-13-26(42)24(34)16-20/h6-11,13,15-19,25,27,36-37,42H,12,14,35H2,1-5H3,(H2,38,39,40,43)/t25-,27-/m0/s1. The first-order valence-electron chi connectivity index (χ1n) is 14.5. The number of aromatic nitrogens is 1. The highest BCUT2D eigenvalue weighted by molar-refractivity contribution is 6.32. The number of amides is 2. The second-order valence-corrected chi connectivity index (χ2v) is 12.5. The average Bonchev–Trinajstić information content (AvgIpc) is 2.96. The minimum atomic E-state index is -0.454. The minimum Gasteiger partial charge on any atom is -0.506 e. The monoisotopic (exact) mass is 617 g/mol. The van der Waals surface area contributed by atoms with Gasteiger partial charge in [-0.05, 0) is 54.3 Å². The molecule has 2 aromatic carbocycles. The molecule has 44 heavy (non-hydrogen) atoms. The molecule has 3 aromatic rings. The summed E-state index contributed by atoms with van der Waals surface area (Å²) in [5, 5.41) is 32.4. The van der Waals surface area contributed by atoms with Crippen LogP contribution in [0.1, 0.15) is 70.7 Å². The Kier molecular flexibility index (Phi) is 9.84. The van der Waals surface area contributed by atoms with Crippen LogP contribution in [0.15, 0.2) is 77.6 Å². The molecule has 0 saturated carbocycles. The summed E-state index contributed by atoms with van der Waals surface area (Å²) >= 11 is 6.07. The predicted molar refractivity (Wildman–Crippen MR) is 174 cm³/mol. The van der Waals surface area contributed by atoms with Crippen molar-refractivity contribution in [3.05, 3.63) is 94.2 Å². The molecule has 1 aromatic heterocycles. The summed E-state index contributed by atoms with van der Waals surface area (Å²) in [6.07, 6.45) is 4.29. The third-order valence-electron chi connectivity index (χ3n) is 7.33. The lowest BCUT2D eigenvalue weighted by molar-refractivity contribution is 0.171. The smallest absolute Gasteiger partial charge is 0.320 e. The van der Waals surface area contributed by atoms with Gasteiger partial charge in [-0.3, -0.25) is 20.7 Å². The summed E-state index contributed by atoms with van der Waals surface area (Å²) in [6, 6.07) is 15.0. The minimum absolute atomic E-state index is 0.0439. The van der Waals surface area contributed by atoms with Crippen LogP contribution in [0.2, 0.25) is 5.02 Å². The van der Waals surface area contributed by atoms with Gasteiger partial charge in [0.15, 0.2) is 0 Å². The molecule has 0 fully saturated rings. The van der Waals surface area contributed by atoms with Crippen molar-refractivity contribution in [3.63, 3.8) is 0 Å². The number of fused-ring (bicyclic) bond motifs is 1. The van der Waals surface area contributed by atoms with Crippen molar-refractivity contribution in [1.82, 2.24) is 15.2 Å². The van der Waals surface area contributed by atoms with Crippen molar-refractivity contribution >= 4 is 35.0 Å². The fourth-order valence-corrected chi connectivity index (χ4v) is 4.87. The summed E-state index contributed by atoms with van der Waals surface area (Å²) < 4.78 is 7.91. The molecule has 11 heteroatoms. The average molecular weight is 618 g/mol. The van der Waals surface area contributed by atoms with Crippen LogP contribution in [0.4, 0.5) is 10.5 Å². The van der Waals surface area contributed by atoms with Crippen LogP contribution in [-0.2, 0) is 0 Å².